The zero-order valence-corrected chi connectivity index (χ0v) is 16.4. The summed E-state index contributed by atoms with van der Waals surface area (Å²) in [7, 11) is 3.63. The van der Waals surface area contributed by atoms with E-state index in [1.807, 2.05) is 66.5 Å². The van der Waals surface area contributed by atoms with Gasteiger partial charge in [-0.05, 0) is 41.8 Å². The minimum Gasteiger partial charge on any atom is -0.342 e. The molecule has 0 saturated heterocycles. The Morgan fingerprint density at radius 1 is 1.07 bits per heavy atom. The van der Waals surface area contributed by atoms with Gasteiger partial charge in [-0.2, -0.15) is 4.98 Å². The predicted molar refractivity (Wildman–Crippen MR) is 113 cm³/mol. The number of amides is 1. The van der Waals surface area contributed by atoms with Crippen LogP contribution in [-0.4, -0.2) is 30.0 Å². The maximum absolute atomic E-state index is 12.9. The smallest absolute Gasteiger partial charge is 0.254 e. The summed E-state index contributed by atoms with van der Waals surface area (Å²) in [6.45, 7) is 0. The number of hydrogen-bond donors (Lipinski definition) is 2. The molecule has 0 aliphatic carbocycles. The molecular formula is C20H20N6OS. The molecule has 1 aliphatic rings. The molecule has 142 valence electrons. The molecule has 1 aromatic heterocycles. The largest absolute Gasteiger partial charge is 0.342 e. The van der Waals surface area contributed by atoms with E-state index in [1.165, 1.54) is 11.9 Å². The van der Waals surface area contributed by atoms with Gasteiger partial charge >= 0.3 is 0 Å². The van der Waals surface area contributed by atoms with Gasteiger partial charge in [0.05, 0.1) is 6.20 Å². The highest BCUT2D eigenvalue weighted by atomic mass is 32.2. The van der Waals surface area contributed by atoms with Crippen molar-refractivity contribution in [2.75, 3.05) is 29.2 Å². The number of benzene rings is 2. The van der Waals surface area contributed by atoms with Gasteiger partial charge in [0.25, 0.3) is 5.91 Å². The monoisotopic (exact) mass is 392 g/mol. The number of carbonyl (C=O) groups is 1. The number of nitrogens with zero attached hydrogens (tertiary/aromatic N) is 4. The fourth-order valence-electron chi connectivity index (χ4n) is 3.26. The quantitative estimate of drug-likeness (QED) is 0.659. The first-order valence-electron chi connectivity index (χ1n) is 8.74. The van der Waals surface area contributed by atoms with E-state index in [4.69, 9.17) is 5.14 Å². The third-order valence-corrected chi connectivity index (χ3v) is 5.30. The van der Waals surface area contributed by atoms with Crippen LogP contribution in [-0.2, 0) is 4.79 Å². The number of aromatic nitrogens is 2. The van der Waals surface area contributed by atoms with Crippen molar-refractivity contribution in [1.29, 1.82) is 0 Å². The van der Waals surface area contributed by atoms with E-state index in [0.29, 0.717) is 17.5 Å². The maximum Gasteiger partial charge on any atom is 0.254 e. The Balaban J connectivity index is 1.67. The Morgan fingerprint density at radius 3 is 2.46 bits per heavy atom. The summed E-state index contributed by atoms with van der Waals surface area (Å²) in [5.74, 6) is 1.15. The first-order valence-corrected chi connectivity index (χ1v) is 9.62. The SMILES string of the molecule is CN1C(=O)C(c2ccccc2)N(C)c2nc(Nc3ccc(SN)cc3)ncc21. The van der Waals surface area contributed by atoms with Gasteiger partial charge in [0.2, 0.25) is 5.95 Å². The molecule has 1 amide bonds. The standard InChI is InChI=1S/C20H20N6OS/c1-25-16-12-22-20(23-14-8-10-15(28-21)11-9-14)24-18(16)26(2)17(19(25)27)13-6-4-3-5-7-13/h3-12,17H,21H2,1-2H3,(H,22,23,24). The molecule has 0 saturated carbocycles. The Kier molecular flexibility index (Phi) is 4.89. The minimum absolute atomic E-state index is 0.0135. The molecule has 3 aromatic rings. The van der Waals surface area contributed by atoms with E-state index in [1.54, 1.807) is 18.1 Å². The summed E-state index contributed by atoms with van der Waals surface area (Å²) in [6, 6.07) is 17.0. The molecule has 1 aliphatic heterocycles. The normalized spacial score (nSPS) is 16.1. The molecule has 4 rings (SSSR count). The lowest BCUT2D eigenvalue weighted by Crippen LogP contribution is -2.45. The second kappa shape index (κ2) is 7.49. The second-order valence-electron chi connectivity index (χ2n) is 6.49. The van der Waals surface area contributed by atoms with Crippen LogP contribution in [0.15, 0.2) is 65.7 Å². The van der Waals surface area contributed by atoms with Crippen molar-refractivity contribution in [3.05, 3.63) is 66.4 Å². The van der Waals surface area contributed by atoms with Crippen LogP contribution in [0.4, 0.5) is 23.1 Å². The third kappa shape index (κ3) is 3.28. The summed E-state index contributed by atoms with van der Waals surface area (Å²) in [5, 5.41) is 8.77. The van der Waals surface area contributed by atoms with E-state index >= 15 is 0 Å². The van der Waals surface area contributed by atoms with Crippen molar-refractivity contribution in [2.45, 2.75) is 10.9 Å². The number of fused-ring (bicyclic) bond motifs is 1. The molecule has 0 bridgehead atoms. The van der Waals surface area contributed by atoms with Crippen LogP contribution in [0.5, 0.6) is 0 Å². The van der Waals surface area contributed by atoms with E-state index < -0.39 is 6.04 Å². The number of rotatable bonds is 4. The average molecular weight is 392 g/mol. The van der Waals surface area contributed by atoms with E-state index in [2.05, 4.69) is 15.3 Å². The lowest BCUT2D eigenvalue weighted by atomic mass is 10.0. The average Bonchev–Trinajstić information content (AvgIpc) is 2.74. The zero-order chi connectivity index (χ0) is 19.7. The third-order valence-electron chi connectivity index (χ3n) is 4.76. The van der Waals surface area contributed by atoms with Crippen LogP contribution in [0.25, 0.3) is 0 Å². The number of likely N-dealkylation sites (N-methyl/N-ethyl adjacent to an activating group) is 2. The number of nitrogens with two attached hydrogens (primary N) is 1. The minimum atomic E-state index is -0.428. The van der Waals surface area contributed by atoms with Crippen molar-refractivity contribution in [1.82, 2.24) is 9.97 Å². The Labute approximate surface area is 167 Å². The van der Waals surface area contributed by atoms with Gasteiger partial charge in [0.1, 0.15) is 11.7 Å². The van der Waals surface area contributed by atoms with Crippen LogP contribution in [0.3, 0.4) is 0 Å². The van der Waals surface area contributed by atoms with Gasteiger partial charge in [-0.25, -0.2) is 4.98 Å². The van der Waals surface area contributed by atoms with Crippen LogP contribution >= 0.6 is 11.9 Å². The van der Waals surface area contributed by atoms with Gasteiger partial charge in [-0.3, -0.25) is 9.93 Å². The van der Waals surface area contributed by atoms with Crippen LogP contribution in [0, 0.1) is 0 Å². The lowest BCUT2D eigenvalue weighted by molar-refractivity contribution is -0.120. The summed E-state index contributed by atoms with van der Waals surface area (Å²) < 4.78 is 0. The molecule has 1 atom stereocenters. The number of hydrogen-bond acceptors (Lipinski definition) is 7. The molecule has 2 aromatic carbocycles. The molecule has 8 heteroatoms. The topological polar surface area (TPSA) is 87.4 Å². The number of nitrogens with one attached hydrogen (secondary N) is 1. The lowest BCUT2D eigenvalue weighted by Gasteiger charge is -2.38. The fraction of sp³-hybridized carbons (Fsp3) is 0.150. The first-order chi connectivity index (χ1) is 13.6. The second-order valence-corrected chi connectivity index (χ2v) is 7.20. The van der Waals surface area contributed by atoms with Crippen molar-refractivity contribution in [3.63, 3.8) is 0 Å². The Hall–Kier alpha value is -3.10. The van der Waals surface area contributed by atoms with E-state index in [0.717, 1.165) is 16.1 Å². The van der Waals surface area contributed by atoms with Crippen molar-refractivity contribution in [3.8, 4) is 0 Å². The van der Waals surface area contributed by atoms with Crippen molar-refractivity contribution in [2.24, 2.45) is 5.14 Å². The van der Waals surface area contributed by atoms with Gasteiger partial charge in [0.15, 0.2) is 5.82 Å². The van der Waals surface area contributed by atoms with Crippen LogP contribution in [0.1, 0.15) is 11.6 Å². The summed E-state index contributed by atoms with van der Waals surface area (Å²) in [4.78, 5) is 26.5. The molecule has 28 heavy (non-hydrogen) atoms. The van der Waals surface area contributed by atoms with Gasteiger partial charge in [-0.15, -0.1) is 0 Å². The molecule has 1 unspecified atom stereocenters. The summed E-state index contributed by atoms with van der Waals surface area (Å²) in [6.07, 6.45) is 1.67. The van der Waals surface area contributed by atoms with Gasteiger partial charge in [-0.1, -0.05) is 30.3 Å². The maximum atomic E-state index is 12.9. The van der Waals surface area contributed by atoms with E-state index in [-0.39, 0.29) is 5.91 Å². The predicted octanol–water partition coefficient (Wildman–Crippen LogP) is 3.34. The summed E-state index contributed by atoms with van der Waals surface area (Å²) in [5.41, 5.74) is 2.47. The molecule has 7 nitrogen and oxygen atoms in total. The highest BCUT2D eigenvalue weighted by Gasteiger charge is 2.37. The van der Waals surface area contributed by atoms with Crippen molar-refractivity contribution < 1.29 is 4.79 Å². The van der Waals surface area contributed by atoms with Crippen LogP contribution < -0.4 is 20.3 Å². The number of anilines is 4. The Bertz CT molecular complexity index is 995. The van der Waals surface area contributed by atoms with E-state index in [9.17, 15) is 4.79 Å². The van der Waals surface area contributed by atoms with Crippen LogP contribution in [0.2, 0.25) is 0 Å². The van der Waals surface area contributed by atoms with Crippen molar-refractivity contribution >= 4 is 41.0 Å². The Morgan fingerprint density at radius 2 is 1.79 bits per heavy atom. The molecule has 3 N–H and O–H groups in total. The fourth-order valence-corrected chi connectivity index (χ4v) is 3.55. The van der Waals surface area contributed by atoms with Gasteiger partial charge in [0, 0.05) is 24.7 Å². The highest BCUT2D eigenvalue weighted by molar-refractivity contribution is 7.97. The molecule has 0 spiro atoms. The first kappa shape index (κ1) is 18.3. The summed E-state index contributed by atoms with van der Waals surface area (Å²) >= 11 is 1.20. The molecule has 0 radical (unpaired) electrons. The molecular weight excluding hydrogens is 372 g/mol. The molecule has 0 fully saturated rings. The number of carbonyl (C=O) groups excluding carboxylic acids is 1. The zero-order valence-electron chi connectivity index (χ0n) is 15.5. The highest BCUT2D eigenvalue weighted by Crippen LogP contribution is 2.38. The van der Waals surface area contributed by atoms with Gasteiger partial charge < -0.3 is 15.1 Å². The molecule has 2 heterocycles.